The number of nitrogens with zero attached hydrogens (tertiary/aromatic N) is 2. The first-order valence-electron chi connectivity index (χ1n) is 4.18. The molecule has 0 amide bonds. The Balaban J connectivity index is 2.28. The topological polar surface area (TPSA) is 25.8 Å². The van der Waals surface area contributed by atoms with Crippen molar-refractivity contribution in [2.45, 2.75) is 24.2 Å². The fraction of sp³-hybridized carbons (Fsp3) is 0.500. The number of aromatic nitrogens is 2. The van der Waals surface area contributed by atoms with Crippen molar-refractivity contribution in [2.75, 3.05) is 0 Å². The standard InChI is InChI=1S/C4H3N2.C4H9.Sn.2H/c1-2-6-4-3-5-1;1-3-4-2;;;/h1-3H;1,3-4H2,2H3;;;. The molecule has 1 rings (SSSR count). The second kappa shape index (κ2) is 5.52. The van der Waals surface area contributed by atoms with Gasteiger partial charge in [-0.3, -0.25) is 0 Å². The van der Waals surface area contributed by atoms with E-state index in [9.17, 15) is 0 Å². The molecule has 0 aromatic carbocycles. The van der Waals surface area contributed by atoms with Crippen molar-refractivity contribution in [2.24, 2.45) is 0 Å². The quantitative estimate of drug-likeness (QED) is 0.579. The summed E-state index contributed by atoms with van der Waals surface area (Å²) in [5, 5.41) is 0. The van der Waals surface area contributed by atoms with Crippen LogP contribution in [0.4, 0.5) is 0 Å². The Morgan fingerprint density at radius 2 is 2.36 bits per heavy atom. The molecule has 1 heterocycles. The summed E-state index contributed by atoms with van der Waals surface area (Å²) in [6, 6.07) is 0. The Kier molecular flexibility index (Phi) is 4.50. The van der Waals surface area contributed by atoms with Crippen LogP contribution in [0, 0.1) is 0 Å². The van der Waals surface area contributed by atoms with Crippen LogP contribution in [0.5, 0.6) is 0 Å². The van der Waals surface area contributed by atoms with Crippen LogP contribution < -0.4 is 3.71 Å². The fourth-order valence-corrected chi connectivity index (χ4v) is 5.53. The van der Waals surface area contributed by atoms with E-state index in [-0.39, 0.29) is 0 Å². The third kappa shape index (κ3) is 3.70. The van der Waals surface area contributed by atoms with Crippen molar-refractivity contribution >= 4 is 24.9 Å². The van der Waals surface area contributed by atoms with Crippen LogP contribution in [0.2, 0.25) is 4.44 Å². The summed E-state index contributed by atoms with van der Waals surface area (Å²) in [7, 11) is 0. The van der Waals surface area contributed by atoms with Gasteiger partial charge in [0.05, 0.1) is 0 Å². The summed E-state index contributed by atoms with van der Waals surface area (Å²) in [4.78, 5) is 8.33. The number of hydrogen-bond donors (Lipinski definition) is 0. The van der Waals surface area contributed by atoms with E-state index >= 15 is 0 Å². The number of rotatable bonds is 4. The van der Waals surface area contributed by atoms with Gasteiger partial charge in [0.15, 0.2) is 0 Å². The van der Waals surface area contributed by atoms with Crippen molar-refractivity contribution in [3.63, 3.8) is 0 Å². The van der Waals surface area contributed by atoms with Crippen molar-refractivity contribution < 1.29 is 0 Å². The van der Waals surface area contributed by atoms with E-state index in [0.29, 0.717) is 0 Å². The molecule has 0 atom stereocenters. The summed E-state index contributed by atoms with van der Waals surface area (Å²) in [6.07, 6.45) is 8.18. The van der Waals surface area contributed by atoms with Crippen LogP contribution in [0.15, 0.2) is 18.6 Å². The first kappa shape index (κ1) is 8.97. The zero-order chi connectivity index (χ0) is 7.94. The average molecular weight is 257 g/mol. The van der Waals surface area contributed by atoms with Gasteiger partial charge in [0.1, 0.15) is 0 Å². The molecule has 0 saturated carbocycles. The number of unbranched alkanes of at least 4 members (excludes halogenated alkanes) is 1. The zero-order valence-electron chi connectivity index (χ0n) is 6.95. The van der Waals surface area contributed by atoms with Gasteiger partial charge in [0, 0.05) is 0 Å². The second-order valence-corrected chi connectivity index (χ2v) is 8.17. The summed E-state index contributed by atoms with van der Waals surface area (Å²) in [6.45, 7) is 2.24. The van der Waals surface area contributed by atoms with E-state index in [2.05, 4.69) is 16.9 Å². The van der Waals surface area contributed by atoms with Gasteiger partial charge >= 0.3 is 77.6 Å². The Labute approximate surface area is 77.7 Å². The molecule has 0 spiro atoms. The van der Waals surface area contributed by atoms with Crippen LogP contribution in [-0.4, -0.2) is 31.1 Å². The third-order valence-electron chi connectivity index (χ3n) is 1.65. The maximum absolute atomic E-state index is 4.28. The molecule has 0 unspecified atom stereocenters. The Bertz CT molecular complexity index is 189. The molecule has 0 saturated heterocycles. The fourth-order valence-electron chi connectivity index (χ4n) is 1.02. The first-order valence-corrected chi connectivity index (χ1v) is 9.05. The van der Waals surface area contributed by atoms with Gasteiger partial charge in [-0.05, 0) is 0 Å². The summed E-state index contributed by atoms with van der Waals surface area (Å²) < 4.78 is 2.76. The Morgan fingerprint density at radius 3 is 3.00 bits per heavy atom. The van der Waals surface area contributed by atoms with Crippen LogP contribution in [-0.2, 0) is 0 Å². The molecular formula is C8H14N2Sn. The second-order valence-electron chi connectivity index (χ2n) is 2.65. The van der Waals surface area contributed by atoms with Gasteiger partial charge < -0.3 is 0 Å². The summed E-state index contributed by atoms with van der Waals surface area (Å²) >= 11 is -0.694. The van der Waals surface area contributed by atoms with E-state index in [1.54, 1.807) is 12.4 Å². The van der Waals surface area contributed by atoms with E-state index in [1.807, 2.05) is 6.20 Å². The van der Waals surface area contributed by atoms with E-state index in [1.165, 1.54) is 21.0 Å². The summed E-state index contributed by atoms with van der Waals surface area (Å²) in [5.41, 5.74) is 0. The summed E-state index contributed by atoms with van der Waals surface area (Å²) in [5.74, 6) is 0. The van der Waals surface area contributed by atoms with Crippen LogP contribution in [0.25, 0.3) is 0 Å². The third-order valence-corrected chi connectivity index (χ3v) is 6.59. The predicted molar refractivity (Wildman–Crippen MR) is 49.9 cm³/mol. The molecule has 0 aliphatic rings. The van der Waals surface area contributed by atoms with Gasteiger partial charge in [-0.25, -0.2) is 0 Å². The zero-order valence-corrected chi connectivity index (χ0v) is 11.0. The van der Waals surface area contributed by atoms with Crippen LogP contribution in [0.3, 0.4) is 0 Å². The molecule has 11 heavy (non-hydrogen) atoms. The van der Waals surface area contributed by atoms with Gasteiger partial charge in [-0.1, -0.05) is 0 Å². The molecule has 60 valence electrons. The van der Waals surface area contributed by atoms with Gasteiger partial charge in [0.25, 0.3) is 0 Å². The van der Waals surface area contributed by atoms with Crippen LogP contribution in [0.1, 0.15) is 19.8 Å². The molecule has 1 aromatic rings. The minimum absolute atomic E-state index is 0.694. The maximum atomic E-state index is 4.28. The van der Waals surface area contributed by atoms with Gasteiger partial charge in [-0.15, -0.1) is 0 Å². The molecular weight excluding hydrogens is 243 g/mol. The van der Waals surface area contributed by atoms with E-state index in [4.69, 9.17) is 0 Å². The minimum atomic E-state index is -0.694. The van der Waals surface area contributed by atoms with Crippen molar-refractivity contribution in [1.29, 1.82) is 0 Å². The molecule has 0 bridgehead atoms. The predicted octanol–water partition coefficient (Wildman–Crippen LogP) is 0.489. The molecule has 3 heteroatoms. The average Bonchev–Trinajstić information content (AvgIpc) is 2.07. The molecule has 0 aliphatic carbocycles. The van der Waals surface area contributed by atoms with Crippen molar-refractivity contribution in [3.8, 4) is 0 Å². The SMILES string of the molecule is CCC[CH2][SnH2][c]1cnccn1. The van der Waals surface area contributed by atoms with Crippen LogP contribution >= 0.6 is 0 Å². The molecule has 0 fully saturated rings. The number of hydrogen-bond acceptors (Lipinski definition) is 2. The normalized spacial score (nSPS) is 11.0. The molecule has 0 N–H and O–H groups in total. The van der Waals surface area contributed by atoms with Gasteiger partial charge in [0.2, 0.25) is 0 Å². The monoisotopic (exact) mass is 258 g/mol. The van der Waals surface area contributed by atoms with Gasteiger partial charge in [-0.2, -0.15) is 0 Å². The molecule has 0 aliphatic heterocycles. The Hall–Kier alpha value is -0.121. The van der Waals surface area contributed by atoms with E-state index in [0.717, 1.165) is 0 Å². The van der Waals surface area contributed by atoms with Crippen molar-refractivity contribution in [3.05, 3.63) is 18.6 Å². The molecule has 2 nitrogen and oxygen atoms in total. The van der Waals surface area contributed by atoms with Crippen molar-refractivity contribution in [1.82, 2.24) is 9.97 Å². The first-order chi connectivity index (χ1) is 5.43. The molecule has 1 aromatic heterocycles. The molecule has 0 radical (unpaired) electrons. The Morgan fingerprint density at radius 1 is 1.45 bits per heavy atom. The van der Waals surface area contributed by atoms with E-state index < -0.39 is 21.1 Å².